The first-order chi connectivity index (χ1) is 9.08. The monoisotopic (exact) mass is 264 g/mol. The predicted octanol–water partition coefficient (Wildman–Crippen LogP) is 0.786. The lowest BCUT2D eigenvalue weighted by Gasteiger charge is -2.34. The number of piperidine rings is 1. The zero-order chi connectivity index (χ0) is 13.8. The summed E-state index contributed by atoms with van der Waals surface area (Å²) >= 11 is 0. The Morgan fingerprint density at radius 3 is 2.95 bits per heavy atom. The van der Waals surface area contributed by atoms with E-state index in [0.717, 1.165) is 19.4 Å². The Bertz CT molecular complexity index is 442. The van der Waals surface area contributed by atoms with Crippen LogP contribution in [0, 0.1) is 5.92 Å². The second-order valence-electron chi connectivity index (χ2n) is 5.22. The van der Waals surface area contributed by atoms with Crippen molar-refractivity contribution in [2.45, 2.75) is 32.7 Å². The van der Waals surface area contributed by atoms with Crippen molar-refractivity contribution >= 4 is 11.8 Å². The molecule has 1 aromatic heterocycles. The number of likely N-dealkylation sites (tertiary alicyclic amines) is 1. The largest absolute Gasteiger partial charge is 0.346 e. The van der Waals surface area contributed by atoms with Gasteiger partial charge in [-0.05, 0) is 12.8 Å². The van der Waals surface area contributed by atoms with Gasteiger partial charge >= 0.3 is 0 Å². The molecular formula is C13H20N4O2. The molecule has 1 saturated heterocycles. The van der Waals surface area contributed by atoms with Crippen LogP contribution in [0.5, 0.6) is 0 Å². The highest BCUT2D eigenvalue weighted by molar-refractivity contribution is 5.92. The number of rotatable bonds is 3. The van der Waals surface area contributed by atoms with E-state index in [9.17, 15) is 9.59 Å². The highest BCUT2D eigenvalue weighted by atomic mass is 16.2. The number of carbonyl (C=O) groups is 2. The lowest BCUT2D eigenvalue weighted by Crippen LogP contribution is -2.50. The minimum absolute atomic E-state index is 0.00191. The summed E-state index contributed by atoms with van der Waals surface area (Å²) in [5.41, 5.74) is 0.451. The van der Waals surface area contributed by atoms with Crippen LogP contribution in [0.2, 0.25) is 0 Å². The first-order valence-corrected chi connectivity index (χ1v) is 6.66. The van der Waals surface area contributed by atoms with Crippen LogP contribution < -0.4 is 5.32 Å². The van der Waals surface area contributed by atoms with Crippen LogP contribution in [-0.4, -0.2) is 45.8 Å². The van der Waals surface area contributed by atoms with Crippen LogP contribution >= 0.6 is 0 Å². The molecule has 19 heavy (non-hydrogen) atoms. The summed E-state index contributed by atoms with van der Waals surface area (Å²) in [5.74, 6) is -0.0103. The van der Waals surface area contributed by atoms with E-state index < -0.39 is 0 Å². The smallest absolute Gasteiger partial charge is 0.269 e. The molecule has 0 aromatic carbocycles. The molecule has 104 valence electrons. The standard InChI is InChI=1S/C13H20N4O2/c1-9(2)13(19)17-5-3-4-10(7-17)16-12(18)11-6-14-8-15-11/h6,8-10H,3-5,7H2,1-2H3,(H,14,15)(H,16,18)/t10-/m0/s1. The van der Waals surface area contributed by atoms with Gasteiger partial charge in [0.25, 0.3) is 5.91 Å². The van der Waals surface area contributed by atoms with Gasteiger partial charge in [-0.2, -0.15) is 0 Å². The van der Waals surface area contributed by atoms with Crippen molar-refractivity contribution in [1.82, 2.24) is 20.2 Å². The topological polar surface area (TPSA) is 78.1 Å². The maximum absolute atomic E-state index is 12.0. The van der Waals surface area contributed by atoms with Crippen molar-refractivity contribution < 1.29 is 9.59 Å². The molecule has 0 unspecified atom stereocenters. The molecule has 1 aliphatic rings. The van der Waals surface area contributed by atoms with Gasteiger partial charge in [0.2, 0.25) is 5.91 Å². The van der Waals surface area contributed by atoms with Crippen molar-refractivity contribution in [3.8, 4) is 0 Å². The fourth-order valence-corrected chi connectivity index (χ4v) is 2.30. The number of amides is 2. The molecule has 0 bridgehead atoms. The Balaban J connectivity index is 1.91. The van der Waals surface area contributed by atoms with Crippen LogP contribution in [-0.2, 0) is 4.79 Å². The number of aromatic amines is 1. The van der Waals surface area contributed by atoms with Gasteiger partial charge in [-0.3, -0.25) is 9.59 Å². The summed E-state index contributed by atoms with van der Waals surface area (Å²) in [7, 11) is 0. The van der Waals surface area contributed by atoms with E-state index in [1.165, 1.54) is 12.5 Å². The van der Waals surface area contributed by atoms with Gasteiger partial charge in [0.1, 0.15) is 5.69 Å². The maximum Gasteiger partial charge on any atom is 0.269 e. The van der Waals surface area contributed by atoms with Crippen LogP contribution in [0.1, 0.15) is 37.2 Å². The van der Waals surface area contributed by atoms with E-state index in [1.807, 2.05) is 18.7 Å². The molecule has 6 heteroatoms. The summed E-state index contributed by atoms with van der Waals surface area (Å²) in [6, 6.07) is 0.0206. The molecule has 1 aliphatic heterocycles. The SMILES string of the molecule is CC(C)C(=O)N1CCC[C@H](NC(=O)c2cnc[nH]2)C1. The molecule has 0 aliphatic carbocycles. The molecule has 2 heterocycles. The Labute approximate surface area is 112 Å². The first-order valence-electron chi connectivity index (χ1n) is 6.66. The number of H-pyrrole nitrogens is 1. The molecule has 2 N–H and O–H groups in total. The van der Waals surface area contributed by atoms with Gasteiger partial charge in [0.15, 0.2) is 0 Å². The Morgan fingerprint density at radius 2 is 2.32 bits per heavy atom. The quantitative estimate of drug-likeness (QED) is 0.847. The average Bonchev–Trinajstić information content (AvgIpc) is 2.92. The lowest BCUT2D eigenvalue weighted by atomic mass is 10.0. The fourth-order valence-electron chi connectivity index (χ4n) is 2.30. The molecular weight excluding hydrogens is 244 g/mol. The van der Waals surface area contributed by atoms with Crippen molar-refractivity contribution in [2.75, 3.05) is 13.1 Å². The molecule has 0 radical (unpaired) electrons. The Morgan fingerprint density at radius 1 is 1.53 bits per heavy atom. The molecule has 1 aromatic rings. The van der Waals surface area contributed by atoms with Gasteiger partial charge in [-0.1, -0.05) is 13.8 Å². The van der Waals surface area contributed by atoms with E-state index >= 15 is 0 Å². The molecule has 1 atom stereocenters. The maximum atomic E-state index is 12.0. The number of imidazole rings is 1. The molecule has 1 fully saturated rings. The number of hydrogen-bond acceptors (Lipinski definition) is 3. The van der Waals surface area contributed by atoms with Gasteiger partial charge < -0.3 is 15.2 Å². The van der Waals surface area contributed by atoms with Gasteiger partial charge in [0.05, 0.1) is 12.5 Å². The normalized spacial score (nSPS) is 19.5. The van der Waals surface area contributed by atoms with E-state index in [0.29, 0.717) is 12.2 Å². The van der Waals surface area contributed by atoms with Crippen LogP contribution in [0.4, 0.5) is 0 Å². The first kappa shape index (κ1) is 13.6. The van der Waals surface area contributed by atoms with E-state index in [4.69, 9.17) is 0 Å². The fraction of sp³-hybridized carbons (Fsp3) is 0.615. The number of nitrogens with zero attached hydrogens (tertiary/aromatic N) is 2. The van der Waals surface area contributed by atoms with E-state index in [1.54, 1.807) is 0 Å². The van der Waals surface area contributed by atoms with Crippen molar-refractivity contribution in [3.05, 3.63) is 18.2 Å². The van der Waals surface area contributed by atoms with Gasteiger partial charge in [0, 0.05) is 25.0 Å². The zero-order valence-corrected chi connectivity index (χ0v) is 11.3. The highest BCUT2D eigenvalue weighted by Gasteiger charge is 2.26. The third kappa shape index (κ3) is 3.33. The number of nitrogens with one attached hydrogen (secondary N) is 2. The predicted molar refractivity (Wildman–Crippen MR) is 70.5 cm³/mol. The number of aromatic nitrogens is 2. The minimum atomic E-state index is -0.165. The van der Waals surface area contributed by atoms with Crippen molar-refractivity contribution in [3.63, 3.8) is 0 Å². The average molecular weight is 264 g/mol. The molecule has 2 amide bonds. The number of hydrogen-bond donors (Lipinski definition) is 2. The highest BCUT2D eigenvalue weighted by Crippen LogP contribution is 2.13. The molecule has 2 rings (SSSR count). The summed E-state index contributed by atoms with van der Waals surface area (Å²) in [5, 5.41) is 2.94. The summed E-state index contributed by atoms with van der Waals surface area (Å²) in [6.45, 7) is 5.18. The summed E-state index contributed by atoms with van der Waals surface area (Å²) in [6.07, 6.45) is 4.80. The van der Waals surface area contributed by atoms with E-state index in [-0.39, 0.29) is 23.8 Å². The summed E-state index contributed by atoms with van der Waals surface area (Å²) < 4.78 is 0. The second-order valence-corrected chi connectivity index (χ2v) is 5.22. The lowest BCUT2D eigenvalue weighted by molar-refractivity contribution is -0.135. The van der Waals surface area contributed by atoms with Gasteiger partial charge in [-0.25, -0.2) is 4.98 Å². The summed E-state index contributed by atoms with van der Waals surface area (Å²) in [4.78, 5) is 32.3. The molecule has 0 saturated carbocycles. The molecule has 6 nitrogen and oxygen atoms in total. The molecule has 0 spiro atoms. The zero-order valence-electron chi connectivity index (χ0n) is 11.3. The van der Waals surface area contributed by atoms with Crippen molar-refractivity contribution in [2.24, 2.45) is 5.92 Å². The minimum Gasteiger partial charge on any atom is -0.346 e. The third-order valence-electron chi connectivity index (χ3n) is 3.31. The Kier molecular flexibility index (Phi) is 4.19. The van der Waals surface area contributed by atoms with Crippen LogP contribution in [0.15, 0.2) is 12.5 Å². The Hall–Kier alpha value is -1.85. The van der Waals surface area contributed by atoms with Crippen LogP contribution in [0.25, 0.3) is 0 Å². The van der Waals surface area contributed by atoms with E-state index in [2.05, 4.69) is 15.3 Å². The van der Waals surface area contributed by atoms with Crippen LogP contribution in [0.3, 0.4) is 0 Å². The second kappa shape index (κ2) is 5.86. The third-order valence-corrected chi connectivity index (χ3v) is 3.31. The van der Waals surface area contributed by atoms with Gasteiger partial charge in [-0.15, -0.1) is 0 Å². The van der Waals surface area contributed by atoms with Crippen molar-refractivity contribution in [1.29, 1.82) is 0 Å². The number of carbonyl (C=O) groups excluding carboxylic acids is 2.